The van der Waals surface area contributed by atoms with Crippen molar-refractivity contribution in [3.8, 4) is 0 Å². The number of nitrogens with one attached hydrogen (secondary N) is 1. The standard InChI is InChI=1S/C5H9NO4S.Cs/c1-2-5(7)6-3-4-11(8,9)10;/h2H,1,3-4H2,(H,6,7)(H,8,9,10);/q;+1/p-1. The Morgan fingerprint density at radius 2 is 2.08 bits per heavy atom. The molecule has 0 aromatic rings. The van der Waals surface area contributed by atoms with Crippen LogP contribution in [0.15, 0.2) is 12.7 Å². The Kier molecular flexibility index (Phi) is 9.86. The quantitative estimate of drug-likeness (QED) is 0.422. The summed E-state index contributed by atoms with van der Waals surface area (Å²) in [6, 6.07) is 0. The van der Waals surface area contributed by atoms with Crippen LogP contribution in [0.3, 0.4) is 0 Å². The zero-order valence-corrected chi connectivity index (χ0v) is 13.8. The third-order valence-electron chi connectivity index (χ3n) is 0.837. The molecule has 12 heavy (non-hydrogen) atoms. The summed E-state index contributed by atoms with van der Waals surface area (Å²) in [5.74, 6) is -1.08. The van der Waals surface area contributed by atoms with Gasteiger partial charge >= 0.3 is 68.9 Å². The minimum atomic E-state index is -4.23. The first-order valence-electron chi connectivity index (χ1n) is 2.79. The second-order valence-corrected chi connectivity index (χ2v) is 3.28. The van der Waals surface area contributed by atoms with E-state index in [0.717, 1.165) is 6.08 Å². The van der Waals surface area contributed by atoms with Crippen LogP contribution in [0.1, 0.15) is 0 Å². The summed E-state index contributed by atoms with van der Waals surface area (Å²) < 4.78 is 29.9. The Morgan fingerprint density at radius 3 is 2.42 bits per heavy atom. The molecule has 7 heteroatoms. The van der Waals surface area contributed by atoms with Crippen molar-refractivity contribution in [1.29, 1.82) is 0 Å². The molecule has 0 rings (SSSR count). The summed E-state index contributed by atoms with van der Waals surface area (Å²) in [7, 11) is -4.23. The first kappa shape index (κ1) is 15.6. The first-order chi connectivity index (χ1) is 4.95. The number of carbonyl (C=O) groups excluding carboxylic acids is 1. The molecule has 0 saturated carbocycles. The van der Waals surface area contributed by atoms with Crippen LogP contribution in [0.5, 0.6) is 0 Å². The second-order valence-electron chi connectivity index (χ2n) is 1.76. The molecule has 0 saturated heterocycles. The molecule has 1 N–H and O–H groups in total. The maximum absolute atomic E-state index is 10.4. The fraction of sp³-hybridized carbons (Fsp3) is 0.400. The van der Waals surface area contributed by atoms with Gasteiger partial charge in [-0.2, -0.15) is 0 Å². The van der Waals surface area contributed by atoms with Crippen LogP contribution in [0.25, 0.3) is 0 Å². The van der Waals surface area contributed by atoms with Crippen LogP contribution < -0.4 is 74.2 Å². The molecule has 1 amide bonds. The maximum atomic E-state index is 10.4. The molecule has 0 unspecified atom stereocenters. The smallest absolute Gasteiger partial charge is 0.748 e. The summed E-state index contributed by atoms with van der Waals surface area (Å²) in [6.45, 7) is 2.97. The summed E-state index contributed by atoms with van der Waals surface area (Å²) >= 11 is 0. The van der Waals surface area contributed by atoms with Crippen molar-refractivity contribution >= 4 is 16.0 Å². The summed E-state index contributed by atoms with van der Waals surface area (Å²) in [5, 5.41) is 2.15. The van der Waals surface area contributed by atoms with Crippen molar-refractivity contribution in [2.45, 2.75) is 0 Å². The molecule has 0 bridgehead atoms. The maximum Gasteiger partial charge on any atom is 1.00 e. The zero-order valence-electron chi connectivity index (χ0n) is 6.74. The van der Waals surface area contributed by atoms with Crippen LogP contribution in [-0.2, 0) is 14.9 Å². The Labute approximate surface area is 130 Å². The summed E-state index contributed by atoms with van der Waals surface area (Å²) in [4.78, 5) is 10.4. The number of carbonyl (C=O) groups is 1. The van der Waals surface area contributed by atoms with Gasteiger partial charge in [-0.1, -0.05) is 6.58 Å². The Bertz CT molecular complexity index is 248. The van der Waals surface area contributed by atoms with Gasteiger partial charge in [-0.25, -0.2) is 8.42 Å². The zero-order chi connectivity index (χ0) is 8.91. The Balaban J connectivity index is 0. The Hall–Kier alpha value is 1.17. The van der Waals surface area contributed by atoms with Crippen LogP contribution >= 0.6 is 0 Å². The number of amides is 1. The molecule has 0 aliphatic carbocycles. The van der Waals surface area contributed by atoms with E-state index in [2.05, 4.69) is 11.9 Å². The van der Waals surface area contributed by atoms with E-state index >= 15 is 0 Å². The van der Waals surface area contributed by atoms with E-state index in [4.69, 9.17) is 0 Å². The Morgan fingerprint density at radius 1 is 1.58 bits per heavy atom. The average Bonchev–Trinajstić information content (AvgIpc) is 1.85. The van der Waals surface area contributed by atoms with Gasteiger partial charge in [0.2, 0.25) is 5.91 Å². The SMILES string of the molecule is C=CC(=O)NCCS(=O)(=O)[O-].[Cs+]. The van der Waals surface area contributed by atoms with E-state index < -0.39 is 21.8 Å². The van der Waals surface area contributed by atoms with E-state index in [9.17, 15) is 17.8 Å². The van der Waals surface area contributed by atoms with E-state index in [1.807, 2.05) is 0 Å². The molecule has 5 nitrogen and oxygen atoms in total. The molecule has 0 aromatic carbocycles. The molecule has 0 aromatic heterocycles. The van der Waals surface area contributed by atoms with Crippen molar-refractivity contribution in [3.63, 3.8) is 0 Å². The molecular weight excluding hydrogens is 303 g/mol. The van der Waals surface area contributed by atoms with E-state index in [-0.39, 0.29) is 75.4 Å². The van der Waals surface area contributed by atoms with Gasteiger partial charge in [0.25, 0.3) is 0 Å². The molecule has 0 aliphatic heterocycles. The van der Waals surface area contributed by atoms with Gasteiger partial charge in [-0.05, 0) is 6.08 Å². The minimum absolute atomic E-state index is 0. The van der Waals surface area contributed by atoms with Crippen LogP contribution in [0, 0.1) is 0 Å². The van der Waals surface area contributed by atoms with Crippen molar-refractivity contribution in [1.82, 2.24) is 5.32 Å². The predicted molar refractivity (Wildman–Crippen MR) is 37.8 cm³/mol. The third kappa shape index (κ3) is 11.2. The molecule has 0 heterocycles. The normalized spacial score (nSPS) is 9.75. The van der Waals surface area contributed by atoms with E-state index in [1.165, 1.54) is 0 Å². The van der Waals surface area contributed by atoms with Crippen molar-refractivity contribution in [2.75, 3.05) is 12.3 Å². The number of hydrogen-bond acceptors (Lipinski definition) is 4. The fourth-order valence-corrected chi connectivity index (χ4v) is 0.723. The van der Waals surface area contributed by atoms with Gasteiger partial charge in [0.15, 0.2) is 0 Å². The fourth-order valence-electron chi connectivity index (χ4n) is 0.371. The van der Waals surface area contributed by atoms with Gasteiger partial charge in [0.05, 0.1) is 15.9 Å². The van der Waals surface area contributed by atoms with Crippen LogP contribution in [-0.4, -0.2) is 31.2 Å². The largest absolute Gasteiger partial charge is 1.00 e. The molecular formula is C5H8CsNO4S. The van der Waals surface area contributed by atoms with Crippen LogP contribution in [0.4, 0.5) is 0 Å². The summed E-state index contributed by atoms with van der Waals surface area (Å²) in [6.07, 6.45) is 0.997. The van der Waals surface area contributed by atoms with Gasteiger partial charge in [-0.15, -0.1) is 0 Å². The minimum Gasteiger partial charge on any atom is -0.748 e. The van der Waals surface area contributed by atoms with Crippen molar-refractivity contribution in [2.24, 2.45) is 0 Å². The van der Waals surface area contributed by atoms with Gasteiger partial charge in [0.1, 0.15) is 0 Å². The summed E-state index contributed by atoms with van der Waals surface area (Å²) in [5.41, 5.74) is 0. The number of hydrogen-bond donors (Lipinski definition) is 1. The molecule has 64 valence electrons. The average molecular weight is 311 g/mol. The molecule has 0 aliphatic rings. The number of rotatable bonds is 4. The molecule has 0 fully saturated rings. The predicted octanol–water partition coefficient (Wildman–Crippen LogP) is -4.16. The van der Waals surface area contributed by atoms with E-state index in [1.54, 1.807) is 0 Å². The van der Waals surface area contributed by atoms with Gasteiger partial charge in [-0.3, -0.25) is 4.79 Å². The molecule has 0 atom stereocenters. The second kappa shape index (κ2) is 7.56. The van der Waals surface area contributed by atoms with Crippen molar-refractivity contribution < 1.29 is 86.7 Å². The van der Waals surface area contributed by atoms with Crippen LogP contribution in [0.2, 0.25) is 0 Å². The van der Waals surface area contributed by atoms with Crippen molar-refractivity contribution in [3.05, 3.63) is 12.7 Å². The molecule has 0 radical (unpaired) electrons. The third-order valence-corrected chi connectivity index (χ3v) is 1.54. The monoisotopic (exact) mass is 311 g/mol. The van der Waals surface area contributed by atoms with Gasteiger partial charge in [0, 0.05) is 6.54 Å². The van der Waals surface area contributed by atoms with E-state index in [0.29, 0.717) is 0 Å². The topological polar surface area (TPSA) is 86.3 Å². The van der Waals surface area contributed by atoms with Gasteiger partial charge < -0.3 is 9.87 Å². The molecule has 0 spiro atoms. The first-order valence-corrected chi connectivity index (χ1v) is 4.37.